The third-order valence-electron chi connectivity index (χ3n) is 3.26. The number of amidine groups is 1. The SMILES string of the molecule is C=CC(=O)NCCCC(=O)NC1=NN(c2ccc(Cl)cc2Cl)C(=O)C1. The van der Waals surface area contributed by atoms with Crippen LogP contribution in [0.15, 0.2) is 36.0 Å². The van der Waals surface area contributed by atoms with Crippen molar-refractivity contribution in [3.05, 3.63) is 40.9 Å². The molecule has 132 valence electrons. The summed E-state index contributed by atoms with van der Waals surface area (Å²) in [6, 6.07) is 4.69. The zero-order chi connectivity index (χ0) is 18.4. The van der Waals surface area contributed by atoms with Gasteiger partial charge in [0, 0.05) is 18.0 Å². The van der Waals surface area contributed by atoms with Crippen LogP contribution in [0.2, 0.25) is 10.0 Å². The molecule has 0 spiro atoms. The molecule has 0 aromatic heterocycles. The van der Waals surface area contributed by atoms with Gasteiger partial charge in [-0.1, -0.05) is 29.8 Å². The van der Waals surface area contributed by atoms with Crippen molar-refractivity contribution in [3.63, 3.8) is 0 Å². The molecule has 0 aliphatic carbocycles. The Bertz CT molecular complexity index is 749. The molecular weight excluding hydrogens is 367 g/mol. The maximum absolute atomic E-state index is 12.1. The Morgan fingerprint density at radius 2 is 2.12 bits per heavy atom. The summed E-state index contributed by atoms with van der Waals surface area (Å²) in [6.07, 6.45) is 1.78. The largest absolute Gasteiger partial charge is 0.353 e. The van der Waals surface area contributed by atoms with E-state index >= 15 is 0 Å². The lowest BCUT2D eigenvalue weighted by Gasteiger charge is -2.13. The number of nitrogens with one attached hydrogen (secondary N) is 2. The summed E-state index contributed by atoms with van der Waals surface area (Å²) in [6.45, 7) is 3.69. The van der Waals surface area contributed by atoms with Gasteiger partial charge in [0.2, 0.25) is 11.8 Å². The molecule has 0 saturated heterocycles. The van der Waals surface area contributed by atoms with Crippen LogP contribution >= 0.6 is 23.2 Å². The van der Waals surface area contributed by atoms with Crippen LogP contribution in [0.5, 0.6) is 0 Å². The molecule has 0 radical (unpaired) electrons. The number of benzene rings is 1. The zero-order valence-electron chi connectivity index (χ0n) is 13.2. The molecule has 2 rings (SSSR count). The van der Waals surface area contributed by atoms with Gasteiger partial charge < -0.3 is 10.6 Å². The van der Waals surface area contributed by atoms with Crippen LogP contribution in [0.4, 0.5) is 5.69 Å². The van der Waals surface area contributed by atoms with Gasteiger partial charge in [0.1, 0.15) is 5.84 Å². The van der Waals surface area contributed by atoms with E-state index in [1.54, 1.807) is 12.1 Å². The second-order valence-corrected chi connectivity index (χ2v) is 6.02. The van der Waals surface area contributed by atoms with Crippen LogP contribution < -0.4 is 15.6 Å². The number of hydrogen-bond acceptors (Lipinski definition) is 4. The van der Waals surface area contributed by atoms with Crippen LogP contribution in [0, 0.1) is 0 Å². The number of nitrogens with zero attached hydrogens (tertiary/aromatic N) is 2. The number of anilines is 1. The maximum atomic E-state index is 12.1. The van der Waals surface area contributed by atoms with Gasteiger partial charge in [-0.2, -0.15) is 10.1 Å². The summed E-state index contributed by atoms with van der Waals surface area (Å²) in [5, 5.41) is 11.1. The number of hydrogen-bond donors (Lipinski definition) is 2. The summed E-state index contributed by atoms with van der Waals surface area (Å²) in [4.78, 5) is 34.9. The van der Waals surface area contributed by atoms with Crippen LogP contribution in [-0.2, 0) is 14.4 Å². The van der Waals surface area contributed by atoms with Crippen molar-refractivity contribution < 1.29 is 14.4 Å². The average molecular weight is 383 g/mol. The Hall–Kier alpha value is -2.38. The van der Waals surface area contributed by atoms with E-state index in [0.717, 1.165) is 11.1 Å². The fourth-order valence-electron chi connectivity index (χ4n) is 2.10. The number of hydrazone groups is 1. The molecule has 2 N–H and O–H groups in total. The van der Waals surface area contributed by atoms with Crippen molar-refractivity contribution in [2.45, 2.75) is 19.3 Å². The van der Waals surface area contributed by atoms with Crippen LogP contribution in [0.3, 0.4) is 0 Å². The second-order valence-electron chi connectivity index (χ2n) is 5.17. The minimum absolute atomic E-state index is 0.0299. The molecule has 1 aromatic carbocycles. The van der Waals surface area contributed by atoms with Crippen molar-refractivity contribution in [1.29, 1.82) is 0 Å². The lowest BCUT2D eigenvalue weighted by Crippen LogP contribution is -2.30. The maximum Gasteiger partial charge on any atom is 0.255 e. The quantitative estimate of drug-likeness (QED) is 0.583. The molecule has 1 aromatic rings. The first-order chi connectivity index (χ1) is 11.9. The first-order valence-electron chi connectivity index (χ1n) is 7.46. The Labute approximate surface area is 154 Å². The van der Waals surface area contributed by atoms with Gasteiger partial charge in [-0.3, -0.25) is 14.4 Å². The van der Waals surface area contributed by atoms with E-state index in [-0.39, 0.29) is 41.4 Å². The highest BCUT2D eigenvalue weighted by atomic mass is 35.5. The van der Waals surface area contributed by atoms with Crippen molar-refractivity contribution in [2.24, 2.45) is 5.10 Å². The normalized spacial score (nSPS) is 13.4. The molecule has 0 saturated carbocycles. The third-order valence-corrected chi connectivity index (χ3v) is 3.80. The molecular formula is C16H16Cl2N4O3. The summed E-state index contributed by atoms with van der Waals surface area (Å²) in [5.74, 6) is -0.640. The summed E-state index contributed by atoms with van der Waals surface area (Å²) >= 11 is 11.9. The number of halogens is 2. The Kier molecular flexibility index (Phi) is 6.55. The lowest BCUT2D eigenvalue weighted by atomic mass is 10.2. The topological polar surface area (TPSA) is 90.9 Å². The highest BCUT2D eigenvalue weighted by Crippen LogP contribution is 2.31. The van der Waals surface area contributed by atoms with Crippen LogP contribution in [-0.4, -0.2) is 30.1 Å². The minimum Gasteiger partial charge on any atom is -0.353 e. The van der Waals surface area contributed by atoms with Gasteiger partial charge in [0.05, 0.1) is 17.1 Å². The fraction of sp³-hybridized carbons (Fsp3) is 0.250. The molecule has 1 aliphatic rings. The van der Waals surface area contributed by atoms with Crippen molar-refractivity contribution >= 4 is 52.4 Å². The molecule has 1 heterocycles. The first-order valence-corrected chi connectivity index (χ1v) is 8.22. The summed E-state index contributed by atoms with van der Waals surface area (Å²) in [7, 11) is 0. The van der Waals surface area contributed by atoms with Crippen molar-refractivity contribution in [2.75, 3.05) is 11.6 Å². The number of carbonyl (C=O) groups excluding carboxylic acids is 3. The number of amides is 3. The molecule has 0 bridgehead atoms. The van der Waals surface area contributed by atoms with Gasteiger partial charge in [-0.05, 0) is 30.7 Å². The van der Waals surface area contributed by atoms with Crippen LogP contribution in [0.1, 0.15) is 19.3 Å². The second kappa shape index (κ2) is 8.64. The van der Waals surface area contributed by atoms with Crippen molar-refractivity contribution in [1.82, 2.24) is 10.6 Å². The highest BCUT2D eigenvalue weighted by Gasteiger charge is 2.27. The fourth-order valence-corrected chi connectivity index (χ4v) is 2.59. The molecule has 0 atom stereocenters. The standard InChI is InChI=1S/C16H16Cl2N4O3/c1-2-14(23)19-7-3-4-15(24)20-13-9-16(25)22(21-13)12-6-5-10(17)8-11(12)18/h2,5-6,8H,1,3-4,7,9H2,(H,19,23)(H,20,21,24). The van der Waals surface area contributed by atoms with Crippen LogP contribution in [0.25, 0.3) is 0 Å². The molecule has 25 heavy (non-hydrogen) atoms. The molecule has 7 nitrogen and oxygen atoms in total. The molecule has 1 aliphatic heterocycles. The van der Waals surface area contributed by atoms with E-state index in [9.17, 15) is 14.4 Å². The van der Waals surface area contributed by atoms with E-state index in [1.807, 2.05) is 0 Å². The highest BCUT2D eigenvalue weighted by molar-refractivity contribution is 6.37. The molecule has 3 amide bonds. The van der Waals surface area contributed by atoms with E-state index in [2.05, 4.69) is 22.3 Å². The smallest absolute Gasteiger partial charge is 0.255 e. The van der Waals surface area contributed by atoms with Gasteiger partial charge in [0.15, 0.2) is 0 Å². The minimum atomic E-state index is -0.308. The van der Waals surface area contributed by atoms with Gasteiger partial charge in [-0.25, -0.2) is 0 Å². The predicted molar refractivity (Wildman–Crippen MR) is 96.6 cm³/mol. The van der Waals surface area contributed by atoms with Gasteiger partial charge in [-0.15, -0.1) is 0 Å². The predicted octanol–water partition coefficient (Wildman–Crippen LogP) is 2.24. The zero-order valence-corrected chi connectivity index (χ0v) is 14.7. The molecule has 0 fully saturated rings. The first kappa shape index (κ1) is 19.0. The molecule has 0 unspecified atom stereocenters. The van der Waals surface area contributed by atoms with Gasteiger partial charge in [0.25, 0.3) is 5.91 Å². The average Bonchev–Trinajstić information content (AvgIpc) is 2.91. The van der Waals surface area contributed by atoms with E-state index in [4.69, 9.17) is 23.2 Å². The Morgan fingerprint density at radius 3 is 2.80 bits per heavy atom. The van der Waals surface area contributed by atoms with E-state index in [0.29, 0.717) is 23.7 Å². The van der Waals surface area contributed by atoms with Gasteiger partial charge >= 0.3 is 0 Å². The number of rotatable bonds is 6. The van der Waals surface area contributed by atoms with E-state index in [1.165, 1.54) is 6.07 Å². The van der Waals surface area contributed by atoms with E-state index < -0.39 is 0 Å². The Morgan fingerprint density at radius 1 is 1.36 bits per heavy atom. The molecule has 9 heteroatoms. The monoisotopic (exact) mass is 382 g/mol. The van der Waals surface area contributed by atoms with Crippen molar-refractivity contribution in [3.8, 4) is 0 Å². The summed E-state index contributed by atoms with van der Waals surface area (Å²) in [5.41, 5.74) is 0.396. The third kappa shape index (κ3) is 5.30. The summed E-state index contributed by atoms with van der Waals surface area (Å²) < 4.78 is 0. The lowest BCUT2D eigenvalue weighted by molar-refractivity contribution is -0.120. The Balaban J connectivity index is 1.90. The number of carbonyl (C=O) groups is 3.